The number of carbonyl (C=O) groups is 1. The molecule has 5 heteroatoms. The molecule has 0 saturated carbocycles. The number of ether oxygens (including phenoxy) is 1. The summed E-state index contributed by atoms with van der Waals surface area (Å²) in [5.74, 6) is 0.933. The van der Waals surface area contributed by atoms with Crippen LogP contribution in [0.1, 0.15) is 24.2 Å². The van der Waals surface area contributed by atoms with Gasteiger partial charge in [-0.3, -0.25) is 4.79 Å². The number of nitrogens with two attached hydrogens (primary N) is 1. The third kappa shape index (κ3) is 5.48. The van der Waals surface area contributed by atoms with E-state index in [9.17, 15) is 4.79 Å². The first-order chi connectivity index (χ1) is 9.40. The van der Waals surface area contributed by atoms with Crippen molar-refractivity contribution in [1.82, 2.24) is 10.2 Å². The molecule has 0 radical (unpaired) electrons. The molecule has 0 fully saturated rings. The van der Waals surface area contributed by atoms with Gasteiger partial charge in [0.25, 0.3) is 5.91 Å². The summed E-state index contributed by atoms with van der Waals surface area (Å²) < 4.78 is 5.58. The number of anilines is 1. The van der Waals surface area contributed by atoms with Crippen LogP contribution < -0.4 is 15.8 Å². The van der Waals surface area contributed by atoms with E-state index < -0.39 is 0 Å². The molecule has 0 atom stereocenters. The summed E-state index contributed by atoms with van der Waals surface area (Å²) in [4.78, 5) is 13.9. The molecule has 0 saturated heterocycles. The molecule has 0 aliphatic heterocycles. The van der Waals surface area contributed by atoms with Gasteiger partial charge in [-0.25, -0.2) is 0 Å². The molecular formula is C15H25N3O2. The van der Waals surface area contributed by atoms with Gasteiger partial charge in [-0.2, -0.15) is 0 Å². The lowest BCUT2D eigenvalue weighted by atomic mass is 10.1. The molecule has 0 aliphatic rings. The van der Waals surface area contributed by atoms with Gasteiger partial charge in [0.15, 0.2) is 0 Å². The number of benzene rings is 1. The van der Waals surface area contributed by atoms with E-state index in [2.05, 4.69) is 19.2 Å². The maximum absolute atomic E-state index is 11.9. The lowest BCUT2D eigenvalue weighted by Gasteiger charge is -2.13. The zero-order valence-electron chi connectivity index (χ0n) is 12.8. The lowest BCUT2D eigenvalue weighted by Crippen LogP contribution is -2.27. The Balaban J connectivity index is 2.60. The molecule has 1 aromatic rings. The van der Waals surface area contributed by atoms with Crippen molar-refractivity contribution in [2.45, 2.75) is 13.8 Å². The molecule has 3 N–H and O–H groups in total. The van der Waals surface area contributed by atoms with Crippen LogP contribution in [0.15, 0.2) is 18.2 Å². The molecule has 20 heavy (non-hydrogen) atoms. The number of nitrogens with one attached hydrogen (secondary N) is 1. The standard InChI is InChI=1S/C15H25N3O2/c1-11(2)10-17-15(19)12-5-6-14(13(16)9-12)20-8-7-18(3)4/h5-6,9,11H,7-8,10,16H2,1-4H3,(H,17,19). The summed E-state index contributed by atoms with van der Waals surface area (Å²) in [5, 5.41) is 2.86. The normalized spacial score (nSPS) is 10.9. The summed E-state index contributed by atoms with van der Waals surface area (Å²) in [6.07, 6.45) is 0. The van der Waals surface area contributed by atoms with Crippen molar-refractivity contribution in [1.29, 1.82) is 0 Å². The van der Waals surface area contributed by atoms with Crippen LogP contribution in [0.4, 0.5) is 5.69 Å². The number of hydrogen-bond acceptors (Lipinski definition) is 4. The molecule has 0 unspecified atom stereocenters. The highest BCUT2D eigenvalue weighted by Crippen LogP contribution is 2.22. The molecule has 1 amide bonds. The van der Waals surface area contributed by atoms with Crippen molar-refractivity contribution >= 4 is 11.6 Å². The number of hydrogen-bond donors (Lipinski definition) is 2. The van der Waals surface area contributed by atoms with Gasteiger partial charge >= 0.3 is 0 Å². The minimum atomic E-state index is -0.106. The van der Waals surface area contributed by atoms with Crippen molar-refractivity contribution < 1.29 is 9.53 Å². The minimum absolute atomic E-state index is 0.106. The van der Waals surface area contributed by atoms with Crippen molar-refractivity contribution in [3.63, 3.8) is 0 Å². The Morgan fingerprint density at radius 2 is 2.10 bits per heavy atom. The average Bonchev–Trinajstić information content (AvgIpc) is 2.37. The third-order valence-corrected chi connectivity index (χ3v) is 2.74. The van der Waals surface area contributed by atoms with Gasteiger partial charge in [-0.15, -0.1) is 0 Å². The summed E-state index contributed by atoms with van der Waals surface area (Å²) in [6, 6.07) is 5.13. The van der Waals surface area contributed by atoms with Crippen molar-refractivity contribution in [2.24, 2.45) is 5.92 Å². The van der Waals surface area contributed by atoms with E-state index in [4.69, 9.17) is 10.5 Å². The van der Waals surface area contributed by atoms with E-state index in [0.717, 1.165) is 6.54 Å². The first kappa shape index (κ1) is 16.3. The second-order valence-corrected chi connectivity index (χ2v) is 5.51. The van der Waals surface area contributed by atoms with Crippen LogP contribution in [-0.4, -0.2) is 44.6 Å². The summed E-state index contributed by atoms with van der Waals surface area (Å²) >= 11 is 0. The number of carbonyl (C=O) groups excluding carboxylic acids is 1. The molecule has 1 aromatic carbocycles. The number of rotatable bonds is 7. The molecule has 5 nitrogen and oxygen atoms in total. The Kier molecular flexibility index (Phi) is 6.31. The maximum Gasteiger partial charge on any atom is 0.251 e. The van der Waals surface area contributed by atoms with Gasteiger partial charge < -0.3 is 20.7 Å². The Hall–Kier alpha value is -1.75. The molecule has 0 spiro atoms. The lowest BCUT2D eigenvalue weighted by molar-refractivity contribution is 0.0949. The molecule has 1 rings (SSSR count). The number of amides is 1. The van der Waals surface area contributed by atoms with Crippen LogP contribution in [0.2, 0.25) is 0 Å². The van der Waals surface area contributed by atoms with Crippen LogP contribution in [0.3, 0.4) is 0 Å². The summed E-state index contributed by atoms with van der Waals surface area (Å²) in [6.45, 7) is 6.14. The van der Waals surface area contributed by atoms with Gasteiger partial charge in [0.1, 0.15) is 12.4 Å². The molecule has 0 aromatic heterocycles. The molecule has 112 valence electrons. The quantitative estimate of drug-likeness (QED) is 0.744. The van der Waals surface area contributed by atoms with E-state index in [1.165, 1.54) is 0 Å². The van der Waals surface area contributed by atoms with Crippen LogP contribution in [0.25, 0.3) is 0 Å². The molecule has 0 aliphatic carbocycles. The predicted octanol–water partition coefficient (Wildman–Crippen LogP) is 1.59. The van der Waals surface area contributed by atoms with Gasteiger partial charge in [-0.05, 0) is 38.2 Å². The fourth-order valence-corrected chi connectivity index (χ4v) is 1.56. The molecular weight excluding hydrogens is 254 g/mol. The average molecular weight is 279 g/mol. The fourth-order valence-electron chi connectivity index (χ4n) is 1.56. The Morgan fingerprint density at radius 1 is 1.40 bits per heavy atom. The Bertz CT molecular complexity index is 445. The van der Waals surface area contributed by atoms with Gasteiger partial charge in [0, 0.05) is 18.7 Å². The summed E-state index contributed by atoms with van der Waals surface area (Å²) in [5.41, 5.74) is 6.96. The minimum Gasteiger partial charge on any atom is -0.490 e. The first-order valence-electron chi connectivity index (χ1n) is 6.85. The topological polar surface area (TPSA) is 67.6 Å². The van der Waals surface area contributed by atoms with E-state index in [-0.39, 0.29) is 5.91 Å². The second-order valence-electron chi connectivity index (χ2n) is 5.51. The van der Waals surface area contributed by atoms with Gasteiger partial charge in [0.05, 0.1) is 5.69 Å². The first-order valence-corrected chi connectivity index (χ1v) is 6.85. The SMILES string of the molecule is CC(C)CNC(=O)c1ccc(OCCN(C)C)c(N)c1. The zero-order valence-corrected chi connectivity index (χ0v) is 12.8. The smallest absolute Gasteiger partial charge is 0.251 e. The second kappa shape index (κ2) is 7.75. The van der Waals surface area contributed by atoms with E-state index in [1.54, 1.807) is 18.2 Å². The van der Waals surface area contributed by atoms with E-state index >= 15 is 0 Å². The van der Waals surface area contributed by atoms with E-state index in [1.807, 2.05) is 19.0 Å². The van der Waals surface area contributed by atoms with Crippen molar-refractivity contribution in [2.75, 3.05) is 39.5 Å². The maximum atomic E-state index is 11.9. The zero-order chi connectivity index (χ0) is 15.1. The molecule has 0 bridgehead atoms. The van der Waals surface area contributed by atoms with Crippen LogP contribution in [0, 0.1) is 5.92 Å². The fraction of sp³-hybridized carbons (Fsp3) is 0.533. The van der Waals surface area contributed by atoms with Crippen molar-refractivity contribution in [3.05, 3.63) is 23.8 Å². The van der Waals surface area contributed by atoms with E-state index in [0.29, 0.717) is 36.1 Å². The Morgan fingerprint density at radius 3 is 2.65 bits per heavy atom. The van der Waals surface area contributed by atoms with Gasteiger partial charge in [-0.1, -0.05) is 13.8 Å². The highest BCUT2D eigenvalue weighted by atomic mass is 16.5. The van der Waals surface area contributed by atoms with Crippen LogP contribution >= 0.6 is 0 Å². The highest BCUT2D eigenvalue weighted by molar-refractivity contribution is 5.95. The van der Waals surface area contributed by atoms with Crippen LogP contribution in [-0.2, 0) is 0 Å². The van der Waals surface area contributed by atoms with Crippen LogP contribution in [0.5, 0.6) is 5.75 Å². The predicted molar refractivity (Wildman–Crippen MR) is 82.1 cm³/mol. The number of nitrogen functional groups attached to an aromatic ring is 1. The Labute approximate surface area is 121 Å². The monoisotopic (exact) mass is 279 g/mol. The number of nitrogens with zero attached hydrogens (tertiary/aromatic N) is 1. The largest absolute Gasteiger partial charge is 0.490 e. The molecule has 0 heterocycles. The number of likely N-dealkylation sites (N-methyl/N-ethyl adjacent to an activating group) is 1. The third-order valence-electron chi connectivity index (χ3n) is 2.74. The summed E-state index contributed by atoms with van der Waals surface area (Å²) in [7, 11) is 3.96. The van der Waals surface area contributed by atoms with Crippen molar-refractivity contribution in [3.8, 4) is 5.75 Å². The highest BCUT2D eigenvalue weighted by Gasteiger charge is 2.09. The van der Waals surface area contributed by atoms with Gasteiger partial charge in [0.2, 0.25) is 0 Å².